The Morgan fingerprint density at radius 2 is 2.25 bits per heavy atom. The molecule has 0 aliphatic rings. The minimum Gasteiger partial charge on any atom is -0.481 e. The Hall–Kier alpha value is -1.62. The zero-order chi connectivity index (χ0) is 14.8. The highest BCUT2D eigenvalue weighted by atomic mass is 16.5. The number of aromatic nitrogens is 1. The van der Waals surface area contributed by atoms with Gasteiger partial charge in [0.2, 0.25) is 11.8 Å². The van der Waals surface area contributed by atoms with Gasteiger partial charge in [0.15, 0.2) is 0 Å². The third-order valence-electron chi connectivity index (χ3n) is 3.43. The first-order chi connectivity index (χ1) is 9.69. The van der Waals surface area contributed by atoms with E-state index in [1.807, 2.05) is 6.07 Å². The van der Waals surface area contributed by atoms with Gasteiger partial charge in [0.05, 0.1) is 7.11 Å². The number of carbonyl (C=O) groups is 1. The van der Waals surface area contributed by atoms with Gasteiger partial charge in [0, 0.05) is 25.2 Å². The van der Waals surface area contributed by atoms with Gasteiger partial charge in [-0.25, -0.2) is 4.98 Å². The fourth-order valence-corrected chi connectivity index (χ4v) is 2.05. The summed E-state index contributed by atoms with van der Waals surface area (Å²) < 4.78 is 4.99. The van der Waals surface area contributed by atoms with Crippen molar-refractivity contribution >= 4 is 5.91 Å². The summed E-state index contributed by atoms with van der Waals surface area (Å²) in [5.41, 5.74) is 6.52. The van der Waals surface area contributed by atoms with Crippen LogP contribution in [0.15, 0.2) is 18.3 Å². The third-order valence-corrected chi connectivity index (χ3v) is 3.43. The summed E-state index contributed by atoms with van der Waals surface area (Å²) >= 11 is 0. The van der Waals surface area contributed by atoms with Gasteiger partial charge in [0.1, 0.15) is 0 Å². The van der Waals surface area contributed by atoms with Crippen molar-refractivity contribution in [3.8, 4) is 5.88 Å². The molecule has 0 saturated carbocycles. The molecule has 3 N–H and O–H groups in total. The molecule has 0 fully saturated rings. The average molecular weight is 279 g/mol. The molecular formula is C15H25N3O2. The van der Waals surface area contributed by atoms with Crippen molar-refractivity contribution in [2.24, 2.45) is 11.7 Å². The number of nitrogens with zero attached hydrogens (tertiary/aromatic N) is 1. The van der Waals surface area contributed by atoms with Crippen LogP contribution in [0.1, 0.15) is 38.2 Å². The minimum atomic E-state index is 0.0799. The van der Waals surface area contributed by atoms with Crippen LogP contribution in [0, 0.1) is 5.92 Å². The smallest absolute Gasteiger partial charge is 0.220 e. The van der Waals surface area contributed by atoms with Crippen molar-refractivity contribution in [3.63, 3.8) is 0 Å². The summed E-state index contributed by atoms with van der Waals surface area (Å²) in [5, 5.41) is 2.91. The topological polar surface area (TPSA) is 77.2 Å². The third kappa shape index (κ3) is 6.02. The molecule has 1 heterocycles. The van der Waals surface area contributed by atoms with Crippen molar-refractivity contribution in [2.75, 3.05) is 13.7 Å². The highest BCUT2D eigenvalue weighted by Gasteiger charge is 2.08. The molecule has 0 spiro atoms. The summed E-state index contributed by atoms with van der Waals surface area (Å²) in [6.07, 6.45) is 5.24. The van der Waals surface area contributed by atoms with E-state index >= 15 is 0 Å². The Labute approximate surface area is 120 Å². The van der Waals surface area contributed by atoms with E-state index in [9.17, 15) is 4.79 Å². The lowest BCUT2D eigenvalue weighted by Gasteiger charge is -2.13. The molecular weight excluding hydrogens is 254 g/mol. The van der Waals surface area contributed by atoms with Crippen molar-refractivity contribution < 1.29 is 9.53 Å². The molecule has 5 heteroatoms. The number of amides is 1. The number of methoxy groups -OCH3 is 1. The van der Waals surface area contributed by atoms with E-state index in [0.717, 1.165) is 24.8 Å². The van der Waals surface area contributed by atoms with Crippen LogP contribution in [0.5, 0.6) is 5.88 Å². The number of hydrogen-bond acceptors (Lipinski definition) is 4. The molecule has 0 radical (unpaired) electrons. The van der Waals surface area contributed by atoms with Gasteiger partial charge < -0.3 is 15.8 Å². The molecule has 0 aliphatic heterocycles. The fourth-order valence-electron chi connectivity index (χ4n) is 2.05. The monoisotopic (exact) mass is 279 g/mol. The molecule has 0 aliphatic carbocycles. The number of ether oxygens (including phenoxy) is 1. The van der Waals surface area contributed by atoms with E-state index < -0.39 is 0 Å². The van der Waals surface area contributed by atoms with Crippen LogP contribution in [0.2, 0.25) is 0 Å². The molecule has 1 unspecified atom stereocenters. The summed E-state index contributed by atoms with van der Waals surface area (Å²) in [6.45, 7) is 3.34. The molecule has 0 aromatic carbocycles. The predicted octanol–water partition coefficient (Wildman–Crippen LogP) is 1.86. The molecule has 5 nitrogen and oxygen atoms in total. The van der Waals surface area contributed by atoms with Gasteiger partial charge in [0.25, 0.3) is 0 Å². The Balaban J connectivity index is 2.28. The van der Waals surface area contributed by atoms with Gasteiger partial charge in [-0.1, -0.05) is 19.4 Å². The summed E-state index contributed by atoms with van der Waals surface area (Å²) in [6, 6.07) is 3.69. The number of hydrogen-bond donors (Lipinski definition) is 2. The van der Waals surface area contributed by atoms with Crippen LogP contribution in [-0.4, -0.2) is 24.5 Å². The molecule has 20 heavy (non-hydrogen) atoms. The average Bonchev–Trinajstić information content (AvgIpc) is 2.49. The largest absolute Gasteiger partial charge is 0.481 e. The van der Waals surface area contributed by atoms with E-state index in [2.05, 4.69) is 17.2 Å². The Bertz CT molecular complexity index is 393. The highest BCUT2D eigenvalue weighted by molar-refractivity contribution is 5.75. The molecule has 1 amide bonds. The molecule has 112 valence electrons. The fraction of sp³-hybridized carbons (Fsp3) is 0.600. The van der Waals surface area contributed by atoms with Gasteiger partial charge in [-0.3, -0.25) is 4.79 Å². The molecule has 0 bridgehead atoms. The van der Waals surface area contributed by atoms with Crippen LogP contribution < -0.4 is 15.8 Å². The second-order valence-corrected chi connectivity index (χ2v) is 4.88. The first-order valence-corrected chi connectivity index (χ1v) is 7.15. The zero-order valence-corrected chi connectivity index (χ0v) is 12.4. The second kappa shape index (κ2) is 9.31. The number of nitrogens with one attached hydrogen (secondary N) is 1. The van der Waals surface area contributed by atoms with E-state index in [0.29, 0.717) is 31.3 Å². The van der Waals surface area contributed by atoms with Crippen LogP contribution >= 0.6 is 0 Å². The lowest BCUT2D eigenvalue weighted by Crippen LogP contribution is -2.23. The van der Waals surface area contributed by atoms with Crippen LogP contribution in [-0.2, 0) is 11.3 Å². The number of rotatable bonds is 9. The van der Waals surface area contributed by atoms with Crippen LogP contribution in [0.4, 0.5) is 0 Å². The van der Waals surface area contributed by atoms with Crippen LogP contribution in [0.25, 0.3) is 0 Å². The maximum atomic E-state index is 11.8. The maximum Gasteiger partial charge on any atom is 0.220 e. The first kappa shape index (κ1) is 16.4. The quantitative estimate of drug-likeness (QED) is 0.723. The summed E-state index contributed by atoms with van der Waals surface area (Å²) in [4.78, 5) is 15.9. The predicted molar refractivity (Wildman–Crippen MR) is 79.3 cm³/mol. The Morgan fingerprint density at radius 1 is 1.45 bits per heavy atom. The molecule has 0 saturated heterocycles. The number of pyridine rings is 1. The van der Waals surface area contributed by atoms with E-state index in [1.54, 1.807) is 19.4 Å². The number of nitrogens with two attached hydrogens (primary N) is 1. The molecule has 1 rings (SSSR count). The minimum absolute atomic E-state index is 0.0799. The standard InChI is InChI=1S/C15H25N3O2/c1-3-12(8-9-16)4-6-14(19)17-10-13-5-7-15(20-2)18-11-13/h5,7,11-12H,3-4,6,8-10,16H2,1-2H3,(H,17,19). The van der Waals surface area contributed by atoms with Gasteiger partial charge in [-0.2, -0.15) is 0 Å². The van der Waals surface area contributed by atoms with Gasteiger partial charge in [-0.15, -0.1) is 0 Å². The lowest BCUT2D eigenvalue weighted by molar-refractivity contribution is -0.121. The molecule has 1 atom stereocenters. The zero-order valence-electron chi connectivity index (χ0n) is 12.4. The van der Waals surface area contributed by atoms with Crippen LogP contribution in [0.3, 0.4) is 0 Å². The molecule has 1 aromatic rings. The highest BCUT2D eigenvalue weighted by Crippen LogP contribution is 2.14. The first-order valence-electron chi connectivity index (χ1n) is 7.15. The normalized spacial score (nSPS) is 11.9. The summed E-state index contributed by atoms with van der Waals surface area (Å²) in [7, 11) is 1.58. The van der Waals surface area contributed by atoms with E-state index in [4.69, 9.17) is 10.5 Å². The SMILES string of the molecule is CCC(CCN)CCC(=O)NCc1ccc(OC)nc1. The van der Waals surface area contributed by atoms with E-state index in [-0.39, 0.29) is 5.91 Å². The molecule has 1 aromatic heterocycles. The summed E-state index contributed by atoms with van der Waals surface area (Å²) in [5.74, 6) is 1.21. The van der Waals surface area contributed by atoms with Crippen molar-refractivity contribution in [1.82, 2.24) is 10.3 Å². The van der Waals surface area contributed by atoms with E-state index in [1.165, 1.54) is 0 Å². The van der Waals surface area contributed by atoms with Gasteiger partial charge in [-0.05, 0) is 30.9 Å². The van der Waals surface area contributed by atoms with Crippen molar-refractivity contribution in [1.29, 1.82) is 0 Å². The van der Waals surface area contributed by atoms with Crippen molar-refractivity contribution in [3.05, 3.63) is 23.9 Å². The second-order valence-electron chi connectivity index (χ2n) is 4.88. The van der Waals surface area contributed by atoms with Gasteiger partial charge >= 0.3 is 0 Å². The lowest BCUT2D eigenvalue weighted by atomic mass is 9.96. The number of carbonyl (C=O) groups excluding carboxylic acids is 1. The maximum absolute atomic E-state index is 11.8. The Morgan fingerprint density at radius 3 is 2.80 bits per heavy atom. The van der Waals surface area contributed by atoms with Crippen molar-refractivity contribution in [2.45, 2.75) is 39.2 Å². The Kier molecular flexibility index (Phi) is 7.65.